The highest BCUT2D eigenvalue weighted by Crippen LogP contribution is 2.38. The van der Waals surface area contributed by atoms with Crippen molar-refractivity contribution in [2.45, 2.75) is 50.6 Å². The Morgan fingerprint density at radius 1 is 0.939 bits per heavy atom. The molecule has 5 nitrogen and oxygen atoms in total. The van der Waals surface area contributed by atoms with Crippen molar-refractivity contribution in [3.63, 3.8) is 0 Å². The normalized spacial score (nSPS) is 17.6. The Labute approximate surface area is 195 Å². The summed E-state index contributed by atoms with van der Waals surface area (Å²) >= 11 is 0. The van der Waals surface area contributed by atoms with Gasteiger partial charge in [-0.2, -0.15) is 0 Å². The van der Waals surface area contributed by atoms with Crippen molar-refractivity contribution in [3.05, 3.63) is 101 Å². The Morgan fingerprint density at radius 3 is 2.36 bits per heavy atom. The molecular weight excluding hydrogens is 410 g/mol. The molecule has 2 aromatic carbocycles. The fraction of sp³-hybridized carbons (Fsp3) is 0.321. The van der Waals surface area contributed by atoms with Gasteiger partial charge >= 0.3 is 0 Å². The Hall–Kier alpha value is -3.47. The largest absolute Gasteiger partial charge is 0.358 e. The van der Waals surface area contributed by atoms with E-state index >= 15 is 0 Å². The van der Waals surface area contributed by atoms with Gasteiger partial charge in [0.25, 0.3) is 5.91 Å². The zero-order valence-electron chi connectivity index (χ0n) is 18.9. The number of amides is 2. The maximum Gasteiger partial charge on any atom is 0.254 e. The SMILES string of the molecule is O=C1c2ccccc2CC(c2ccncc2)N1C1CCCC1.O=CNCCc1ccccc1. The molecule has 1 saturated carbocycles. The van der Waals surface area contributed by atoms with Crippen LogP contribution in [0.15, 0.2) is 79.1 Å². The summed E-state index contributed by atoms with van der Waals surface area (Å²) in [6.45, 7) is 0.716. The van der Waals surface area contributed by atoms with Crippen LogP contribution in [0.2, 0.25) is 0 Å². The van der Waals surface area contributed by atoms with Crippen molar-refractivity contribution >= 4 is 12.3 Å². The molecule has 33 heavy (non-hydrogen) atoms. The molecule has 170 valence electrons. The average Bonchev–Trinajstić information content (AvgIpc) is 3.40. The Bertz CT molecular complexity index is 1030. The second kappa shape index (κ2) is 11.4. The maximum atomic E-state index is 13.1. The lowest BCUT2D eigenvalue weighted by Crippen LogP contribution is -2.45. The van der Waals surface area contributed by atoms with Gasteiger partial charge in [0, 0.05) is 30.5 Å². The lowest BCUT2D eigenvalue weighted by molar-refractivity contribution is -0.109. The highest BCUT2D eigenvalue weighted by molar-refractivity contribution is 5.97. The van der Waals surface area contributed by atoms with E-state index < -0.39 is 0 Å². The number of hydrogen-bond acceptors (Lipinski definition) is 3. The minimum absolute atomic E-state index is 0.147. The minimum Gasteiger partial charge on any atom is -0.358 e. The smallest absolute Gasteiger partial charge is 0.254 e. The standard InChI is InChI=1S/C19H20N2O.C9H11NO/c22-19-17-8-4-1-5-15(17)13-18(14-9-11-20-12-10-14)21(19)16-6-2-3-7-16;11-8-10-7-6-9-4-2-1-3-5-9/h1,4-5,8-12,16,18H,2-3,6-7,13H2;1-5,8H,6-7H2,(H,10,11). The van der Waals surface area contributed by atoms with E-state index in [0.717, 1.165) is 37.7 Å². The molecule has 2 aliphatic rings. The molecule has 0 bridgehead atoms. The zero-order valence-corrected chi connectivity index (χ0v) is 18.9. The van der Waals surface area contributed by atoms with Crippen LogP contribution in [0.1, 0.15) is 58.8 Å². The molecule has 1 aromatic heterocycles. The van der Waals surface area contributed by atoms with Crippen LogP contribution in [0.4, 0.5) is 0 Å². The molecule has 1 aliphatic carbocycles. The summed E-state index contributed by atoms with van der Waals surface area (Å²) in [5.74, 6) is 0.204. The lowest BCUT2D eigenvalue weighted by atomic mass is 9.88. The predicted molar refractivity (Wildman–Crippen MR) is 130 cm³/mol. The summed E-state index contributed by atoms with van der Waals surface area (Å²) in [6, 6.07) is 22.8. The van der Waals surface area contributed by atoms with Crippen LogP contribution in [0, 0.1) is 0 Å². The van der Waals surface area contributed by atoms with Crippen molar-refractivity contribution in [3.8, 4) is 0 Å². The van der Waals surface area contributed by atoms with Crippen molar-refractivity contribution in [1.29, 1.82) is 0 Å². The van der Waals surface area contributed by atoms with Gasteiger partial charge in [0.2, 0.25) is 6.41 Å². The van der Waals surface area contributed by atoms with Gasteiger partial charge in [-0.15, -0.1) is 0 Å². The molecule has 5 heteroatoms. The van der Waals surface area contributed by atoms with E-state index in [4.69, 9.17) is 0 Å². The van der Waals surface area contributed by atoms with E-state index in [0.29, 0.717) is 12.6 Å². The molecule has 2 heterocycles. The number of benzene rings is 2. The van der Waals surface area contributed by atoms with Gasteiger partial charge < -0.3 is 10.2 Å². The van der Waals surface area contributed by atoms with Crippen LogP contribution in [-0.2, 0) is 17.6 Å². The molecule has 1 fully saturated rings. The number of aromatic nitrogens is 1. The number of carbonyl (C=O) groups excluding carboxylic acids is 2. The number of carbonyl (C=O) groups is 2. The first-order valence-corrected chi connectivity index (χ1v) is 11.8. The fourth-order valence-corrected chi connectivity index (χ4v) is 4.88. The summed E-state index contributed by atoms with van der Waals surface area (Å²) in [5.41, 5.74) is 4.51. The lowest BCUT2D eigenvalue weighted by Gasteiger charge is -2.41. The Kier molecular flexibility index (Phi) is 7.85. The third-order valence-corrected chi connectivity index (χ3v) is 6.52. The van der Waals surface area contributed by atoms with Gasteiger partial charge in [0.1, 0.15) is 0 Å². The monoisotopic (exact) mass is 441 g/mol. The van der Waals surface area contributed by atoms with Crippen molar-refractivity contribution < 1.29 is 9.59 Å². The molecule has 5 rings (SSSR count). The van der Waals surface area contributed by atoms with Crippen LogP contribution in [-0.4, -0.2) is 34.8 Å². The topological polar surface area (TPSA) is 62.3 Å². The fourth-order valence-electron chi connectivity index (χ4n) is 4.88. The van der Waals surface area contributed by atoms with Crippen LogP contribution in [0.3, 0.4) is 0 Å². The summed E-state index contributed by atoms with van der Waals surface area (Å²) in [6.07, 6.45) is 10.9. The molecular formula is C28H31N3O2. The molecule has 2 amide bonds. The quantitative estimate of drug-likeness (QED) is 0.444. The first-order valence-electron chi connectivity index (χ1n) is 11.8. The molecule has 0 saturated heterocycles. The molecule has 0 spiro atoms. The van der Waals surface area contributed by atoms with Gasteiger partial charge in [-0.25, -0.2) is 0 Å². The molecule has 1 aliphatic heterocycles. The van der Waals surface area contributed by atoms with Gasteiger partial charge in [0.05, 0.1) is 6.04 Å². The third-order valence-electron chi connectivity index (χ3n) is 6.52. The van der Waals surface area contributed by atoms with Gasteiger partial charge in [0.15, 0.2) is 0 Å². The van der Waals surface area contributed by atoms with Gasteiger partial charge in [-0.05, 0) is 60.6 Å². The van der Waals surface area contributed by atoms with Crippen LogP contribution >= 0.6 is 0 Å². The number of rotatable bonds is 6. The van der Waals surface area contributed by atoms with E-state index in [1.54, 1.807) is 0 Å². The summed E-state index contributed by atoms with van der Waals surface area (Å²) in [5, 5.41) is 2.62. The second-order valence-corrected chi connectivity index (χ2v) is 8.62. The number of nitrogens with one attached hydrogen (secondary N) is 1. The Morgan fingerprint density at radius 2 is 1.64 bits per heavy atom. The van der Waals surface area contributed by atoms with Crippen LogP contribution in [0.25, 0.3) is 0 Å². The van der Waals surface area contributed by atoms with E-state index in [-0.39, 0.29) is 11.9 Å². The average molecular weight is 442 g/mol. The molecule has 3 aromatic rings. The summed E-state index contributed by atoms with van der Waals surface area (Å²) < 4.78 is 0. The van der Waals surface area contributed by atoms with E-state index in [1.165, 1.54) is 29.5 Å². The first kappa shape index (κ1) is 22.7. The summed E-state index contributed by atoms with van der Waals surface area (Å²) in [7, 11) is 0. The predicted octanol–water partition coefficient (Wildman–Crippen LogP) is 4.74. The number of nitrogens with zero attached hydrogens (tertiary/aromatic N) is 2. The highest BCUT2D eigenvalue weighted by Gasteiger charge is 2.38. The molecule has 1 N–H and O–H groups in total. The van der Waals surface area contributed by atoms with E-state index in [9.17, 15) is 9.59 Å². The summed E-state index contributed by atoms with van der Waals surface area (Å²) in [4.78, 5) is 29.3. The maximum absolute atomic E-state index is 13.1. The molecule has 1 unspecified atom stereocenters. The van der Waals surface area contributed by atoms with E-state index in [2.05, 4.69) is 21.3 Å². The van der Waals surface area contributed by atoms with Crippen LogP contribution < -0.4 is 5.32 Å². The molecule has 0 radical (unpaired) electrons. The zero-order chi connectivity index (χ0) is 22.9. The van der Waals surface area contributed by atoms with Gasteiger partial charge in [-0.3, -0.25) is 14.6 Å². The number of fused-ring (bicyclic) bond motifs is 1. The second-order valence-electron chi connectivity index (χ2n) is 8.62. The van der Waals surface area contributed by atoms with Gasteiger partial charge in [-0.1, -0.05) is 61.4 Å². The first-order chi connectivity index (χ1) is 16.3. The van der Waals surface area contributed by atoms with E-state index in [1.807, 2.05) is 73.1 Å². The minimum atomic E-state index is 0.147. The highest BCUT2D eigenvalue weighted by atomic mass is 16.2. The van der Waals surface area contributed by atoms with Crippen molar-refractivity contribution in [1.82, 2.24) is 15.2 Å². The van der Waals surface area contributed by atoms with Crippen molar-refractivity contribution in [2.75, 3.05) is 6.54 Å². The Balaban J connectivity index is 0.000000200. The number of pyridine rings is 1. The molecule has 1 atom stereocenters. The van der Waals surface area contributed by atoms with Crippen LogP contribution in [0.5, 0.6) is 0 Å². The van der Waals surface area contributed by atoms with Crippen molar-refractivity contribution in [2.24, 2.45) is 0 Å². The third kappa shape index (κ3) is 5.67. The number of hydrogen-bond donors (Lipinski definition) is 1.